The van der Waals surface area contributed by atoms with Crippen molar-refractivity contribution in [3.8, 4) is 0 Å². The Morgan fingerprint density at radius 3 is 2.45 bits per heavy atom. The number of hydrogen-bond acceptors (Lipinski definition) is 5. The molecule has 8 nitrogen and oxygen atoms in total. The molecule has 1 atom stereocenters. The highest BCUT2D eigenvalue weighted by Gasteiger charge is 2.43. The van der Waals surface area contributed by atoms with Gasteiger partial charge in [-0.25, -0.2) is 8.42 Å². The minimum absolute atomic E-state index is 0.0752. The lowest BCUT2D eigenvalue weighted by molar-refractivity contribution is -0.147. The van der Waals surface area contributed by atoms with E-state index in [0.29, 0.717) is 12.8 Å². The van der Waals surface area contributed by atoms with Crippen LogP contribution in [0.25, 0.3) is 0 Å². The number of nitrogens with two attached hydrogens (primary N) is 1. The fourth-order valence-corrected chi connectivity index (χ4v) is 5.66. The summed E-state index contributed by atoms with van der Waals surface area (Å²) in [6, 6.07) is 13.4. The van der Waals surface area contributed by atoms with Gasteiger partial charge in [-0.1, -0.05) is 53.5 Å². The van der Waals surface area contributed by atoms with Crippen molar-refractivity contribution in [1.29, 1.82) is 0 Å². The van der Waals surface area contributed by atoms with Crippen molar-refractivity contribution in [2.24, 2.45) is 5.73 Å². The Bertz CT molecular complexity index is 1100. The van der Waals surface area contributed by atoms with Crippen LogP contribution in [0, 0.1) is 0 Å². The van der Waals surface area contributed by atoms with Gasteiger partial charge in [0.15, 0.2) is 6.17 Å². The highest BCUT2D eigenvalue weighted by Crippen LogP contribution is 2.29. The highest BCUT2D eigenvalue weighted by molar-refractivity contribution is 7.89. The predicted molar refractivity (Wildman–Crippen MR) is 127 cm³/mol. The van der Waals surface area contributed by atoms with Gasteiger partial charge in [-0.05, 0) is 36.6 Å². The molecule has 1 fully saturated rings. The van der Waals surface area contributed by atoms with Crippen molar-refractivity contribution in [2.75, 3.05) is 26.2 Å². The van der Waals surface area contributed by atoms with Crippen molar-refractivity contribution >= 4 is 45.0 Å². The van der Waals surface area contributed by atoms with E-state index in [1.807, 2.05) is 30.3 Å². The molecule has 3 rings (SSSR count). The molecular formula is C22H26Cl2N4O4S. The molecule has 0 aliphatic carbocycles. The zero-order valence-electron chi connectivity index (χ0n) is 17.9. The van der Waals surface area contributed by atoms with Crippen molar-refractivity contribution in [3.63, 3.8) is 0 Å². The zero-order valence-corrected chi connectivity index (χ0v) is 20.2. The van der Waals surface area contributed by atoms with Crippen LogP contribution in [0.15, 0.2) is 53.4 Å². The van der Waals surface area contributed by atoms with E-state index in [4.69, 9.17) is 28.9 Å². The van der Waals surface area contributed by atoms with Crippen LogP contribution in [0.5, 0.6) is 0 Å². The Morgan fingerprint density at radius 1 is 1.06 bits per heavy atom. The van der Waals surface area contributed by atoms with Gasteiger partial charge < -0.3 is 16.0 Å². The summed E-state index contributed by atoms with van der Waals surface area (Å²) in [5.41, 5.74) is 6.48. The van der Waals surface area contributed by atoms with Gasteiger partial charge in [0.1, 0.15) is 0 Å². The van der Waals surface area contributed by atoms with Gasteiger partial charge in [0.05, 0.1) is 14.9 Å². The first-order valence-electron chi connectivity index (χ1n) is 10.5. The number of halogens is 2. The second-order valence-corrected chi connectivity index (χ2v) is 10.3. The molecule has 3 N–H and O–H groups in total. The third kappa shape index (κ3) is 6.04. The molecule has 1 aliphatic heterocycles. The lowest BCUT2D eigenvalue weighted by Gasteiger charge is -2.41. The van der Waals surface area contributed by atoms with Crippen molar-refractivity contribution in [3.05, 3.63) is 64.1 Å². The quantitative estimate of drug-likeness (QED) is 0.563. The molecule has 11 heteroatoms. The number of rotatable bonds is 8. The number of aryl methyl sites for hydroxylation is 1. The molecule has 0 bridgehead atoms. The zero-order chi connectivity index (χ0) is 24.0. The molecule has 1 unspecified atom stereocenters. The first-order valence-corrected chi connectivity index (χ1v) is 12.7. The summed E-state index contributed by atoms with van der Waals surface area (Å²) in [7, 11) is -4.15. The third-order valence-electron chi connectivity index (χ3n) is 5.31. The van der Waals surface area contributed by atoms with E-state index in [1.165, 1.54) is 23.1 Å². The van der Waals surface area contributed by atoms with Gasteiger partial charge >= 0.3 is 0 Å². The smallest absolute Gasteiger partial charge is 0.259 e. The molecule has 2 amide bonds. The summed E-state index contributed by atoms with van der Waals surface area (Å²) in [5, 5.41) is 2.91. The number of carbonyl (C=O) groups is 2. The van der Waals surface area contributed by atoms with Gasteiger partial charge in [0, 0.05) is 32.6 Å². The number of sulfonamides is 1. The fourth-order valence-electron chi connectivity index (χ4n) is 3.68. The number of amides is 2. The molecular weight excluding hydrogens is 487 g/mol. The van der Waals surface area contributed by atoms with E-state index in [-0.39, 0.29) is 53.4 Å². The molecule has 1 saturated heterocycles. The number of carbonyl (C=O) groups excluding carboxylic acids is 2. The van der Waals surface area contributed by atoms with E-state index in [2.05, 4.69) is 5.32 Å². The average molecular weight is 513 g/mol. The van der Waals surface area contributed by atoms with Crippen molar-refractivity contribution in [1.82, 2.24) is 14.5 Å². The maximum Gasteiger partial charge on any atom is 0.259 e. The van der Waals surface area contributed by atoms with Crippen LogP contribution < -0.4 is 11.1 Å². The maximum absolute atomic E-state index is 13.5. The van der Waals surface area contributed by atoms with Crippen molar-refractivity contribution < 1.29 is 18.0 Å². The number of hydrogen-bond donors (Lipinski definition) is 2. The normalized spacial score (nSPS) is 17.1. The van der Waals surface area contributed by atoms with Gasteiger partial charge in [0.25, 0.3) is 5.91 Å². The van der Waals surface area contributed by atoms with Crippen LogP contribution in [0.3, 0.4) is 0 Å². The van der Waals surface area contributed by atoms with Gasteiger partial charge in [-0.15, -0.1) is 0 Å². The largest absolute Gasteiger partial charge is 0.352 e. The van der Waals surface area contributed by atoms with E-state index >= 15 is 0 Å². The standard InChI is InChI=1S/C22H26Cl2N4O4S/c23-18-9-8-17(15-19(18)24)33(31,32)28-14-4-13-27(22(28)21(30)26-12-11-25)20(29)10-7-16-5-2-1-3-6-16/h1-3,5-6,8-9,15,22H,4,7,10-14,25H2,(H,26,30). The van der Waals surface area contributed by atoms with Gasteiger partial charge in [-0.3, -0.25) is 9.59 Å². The number of nitrogens with zero attached hydrogens (tertiary/aromatic N) is 2. The average Bonchev–Trinajstić information content (AvgIpc) is 2.82. The summed E-state index contributed by atoms with van der Waals surface area (Å²) >= 11 is 12.0. The molecule has 0 spiro atoms. The lowest BCUT2D eigenvalue weighted by Crippen LogP contribution is -2.63. The molecule has 1 aliphatic rings. The molecule has 1 heterocycles. The summed E-state index contributed by atoms with van der Waals surface area (Å²) in [6.07, 6.45) is -0.315. The van der Waals surface area contributed by atoms with E-state index in [0.717, 1.165) is 9.87 Å². The Labute approximate surface area is 203 Å². The SMILES string of the molecule is NCCNC(=O)C1N(C(=O)CCc2ccccc2)CCCN1S(=O)(=O)c1ccc(Cl)c(Cl)c1. The van der Waals surface area contributed by atoms with Gasteiger partial charge in [0.2, 0.25) is 15.9 Å². The fraction of sp³-hybridized carbons (Fsp3) is 0.364. The van der Waals surface area contributed by atoms with Crippen LogP contribution in [-0.4, -0.2) is 61.8 Å². The Hall–Kier alpha value is -2.17. The summed E-state index contributed by atoms with van der Waals surface area (Å²) < 4.78 is 28.0. The lowest BCUT2D eigenvalue weighted by atomic mass is 10.1. The highest BCUT2D eigenvalue weighted by atomic mass is 35.5. The first-order chi connectivity index (χ1) is 15.8. The molecule has 0 saturated carbocycles. The van der Waals surface area contributed by atoms with Crippen LogP contribution in [0.1, 0.15) is 18.4 Å². The first kappa shape index (κ1) is 25.5. The molecule has 2 aromatic rings. The summed E-state index contributed by atoms with van der Waals surface area (Å²) in [4.78, 5) is 27.4. The predicted octanol–water partition coefficient (Wildman–Crippen LogP) is 2.25. The van der Waals surface area contributed by atoms with E-state index < -0.39 is 22.1 Å². The minimum Gasteiger partial charge on any atom is -0.352 e. The van der Waals surface area contributed by atoms with E-state index in [1.54, 1.807) is 0 Å². The van der Waals surface area contributed by atoms with Crippen LogP contribution in [0.2, 0.25) is 10.0 Å². The van der Waals surface area contributed by atoms with Gasteiger partial charge in [-0.2, -0.15) is 4.31 Å². The summed E-state index contributed by atoms with van der Waals surface area (Å²) in [5.74, 6) is -0.905. The third-order valence-corrected chi connectivity index (χ3v) is 7.90. The minimum atomic E-state index is -4.15. The Balaban J connectivity index is 1.90. The number of nitrogens with one attached hydrogen (secondary N) is 1. The molecule has 2 aromatic carbocycles. The number of benzene rings is 2. The monoisotopic (exact) mass is 512 g/mol. The van der Waals surface area contributed by atoms with Crippen LogP contribution >= 0.6 is 23.2 Å². The molecule has 178 valence electrons. The second kappa shape index (κ2) is 11.3. The second-order valence-electron chi connectivity index (χ2n) is 7.57. The topological polar surface area (TPSA) is 113 Å². The summed E-state index contributed by atoms with van der Waals surface area (Å²) in [6.45, 7) is 0.676. The van der Waals surface area contributed by atoms with Crippen LogP contribution in [0.4, 0.5) is 0 Å². The molecule has 0 radical (unpaired) electrons. The molecule has 0 aromatic heterocycles. The molecule has 33 heavy (non-hydrogen) atoms. The Kier molecular flexibility index (Phi) is 8.72. The van der Waals surface area contributed by atoms with Crippen molar-refractivity contribution in [2.45, 2.75) is 30.3 Å². The maximum atomic E-state index is 13.5. The van der Waals surface area contributed by atoms with Crippen LogP contribution in [-0.2, 0) is 26.0 Å². The Morgan fingerprint density at radius 2 is 1.79 bits per heavy atom. The van der Waals surface area contributed by atoms with E-state index in [9.17, 15) is 18.0 Å².